The van der Waals surface area contributed by atoms with Crippen molar-refractivity contribution >= 4 is 40.2 Å². The van der Waals surface area contributed by atoms with Gasteiger partial charge >= 0.3 is 6.03 Å². The molecule has 156 valence electrons. The Morgan fingerprint density at radius 2 is 1.68 bits per heavy atom. The zero-order chi connectivity index (χ0) is 22.2. The summed E-state index contributed by atoms with van der Waals surface area (Å²) in [6, 6.07) is 18.5. The second-order valence-electron chi connectivity index (χ2n) is 7.46. The maximum atomic E-state index is 13.2. The highest BCUT2D eigenvalue weighted by Gasteiger charge is 2.50. The van der Waals surface area contributed by atoms with Gasteiger partial charge in [0.05, 0.1) is 0 Å². The molecule has 4 N–H and O–H groups in total. The van der Waals surface area contributed by atoms with Crippen LogP contribution >= 0.6 is 0 Å². The normalized spacial score (nSPS) is 18.2. The number of urea groups is 1. The Balaban J connectivity index is 1.54. The summed E-state index contributed by atoms with van der Waals surface area (Å²) >= 11 is 0. The van der Waals surface area contributed by atoms with E-state index in [1.807, 2.05) is 36.4 Å². The molecule has 0 unspecified atom stereocenters. The second kappa shape index (κ2) is 7.56. The number of carbonyl (C=O) groups excluding carboxylic acids is 4. The lowest BCUT2D eigenvalue weighted by molar-refractivity contribution is -0.133. The molecule has 0 radical (unpaired) electrons. The van der Waals surface area contributed by atoms with Gasteiger partial charge in [-0.25, -0.2) is 4.79 Å². The standard InChI is InChI=1S/C23H20N4O4/c1-23(18-8-4-6-14-5-2-3-7-17(14)18)21(30)27(22(31)26-23)13-19(28)25-16-11-9-15(10-12-16)20(24)29/h2-12H,13H2,1H3,(H2,24,29)(H,25,28)(H,26,31)/t23-/m1/s1. The number of imide groups is 1. The summed E-state index contributed by atoms with van der Waals surface area (Å²) < 4.78 is 0. The zero-order valence-electron chi connectivity index (χ0n) is 16.7. The number of primary amides is 1. The highest BCUT2D eigenvalue weighted by molar-refractivity contribution is 6.11. The number of anilines is 1. The Hall–Kier alpha value is -4.20. The first kappa shape index (κ1) is 20.1. The fraction of sp³-hybridized carbons (Fsp3) is 0.130. The summed E-state index contributed by atoms with van der Waals surface area (Å²) in [6.07, 6.45) is 0. The van der Waals surface area contributed by atoms with Crippen LogP contribution in [0.15, 0.2) is 66.7 Å². The van der Waals surface area contributed by atoms with E-state index >= 15 is 0 Å². The van der Waals surface area contributed by atoms with Gasteiger partial charge in [0, 0.05) is 11.3 Å². The monoisotopic (exact) mass is 416 g/mol. The molecule has 5 amide bonds. The highest BCUT2D eigenvalue weighted by Crippen LogP contribution is 2.33. The van der Waals surface area contributed by atoms with E-state index in [1.165, 1.54) is 24.3 Å². The number of fused-ring (bicyclic) bond motifs is 1. The number of amides is 5. The molecule has 31 heavy (non-hydrogen) atoms. The molecule has 1 aliphatic rings. The Kier molecular flexibility index (Phi) is 4.90. The van der Waals surface area contributed by atoms with Crippen molar-refractivity contribution in [2.24, 2.45) is 5.73 Å². The third-order valence-electron chi connectivity index (χ3n) is 5.36. The van der Waals surface area contributed by atoms with E-state index < -0.39 is 35.8 Å². The van der Waals surface area contributed by atoms with E-state index in [1.54, 1.807) is 13.0 Å². The van der Waals surface area contributed by atoms with Crippen molar-refractivity contribution in [1.82, 2.24) is 10.2 Å². The number of nitrogens with two attached hydrogens (primary N) is 1. The molecule has 0 aromatic heterocycles. The first-order valence-corrected chi connectivity index (χ1v) is 9.61. The summed E-state index contributed by atoms with van der Waals surface area (Å²) in [5.74, 6) is -1.63. The number of carbonyl (C=O) groups is 4. The Morgan fingerprint density at radius 1 is 1.00 bits per heavy atom. The predicted molar refractivity (Wildman–Crippen MR) is 115 cm³/mol. The molecule has 8 heteroatoms. The van der Waals surface area contributed by atoms with Gasteiger partial charge in [-0.3, -0.25) is 19.3 Å². The van der Waals surface area contributed by atoms with Crippen molar-refractivity contribution in [2.75, 3.05) is 11.9 Å². The maximum Gasteiger partial charge on any atom is 0.325 e. The first-order chi connectivity index (χ1) is 14.8. The van der Waals surface area contributed by atoms with Crippen molar-refractivity contribution in [3.63, 3.8) is 0 Å². The average Bonchev–Trinajstić information content (AvgIpc) is 2.97. The molecule has 0 aliphatic carbocycles. The quantitative estimate of drug-likeness (QED) is 0.553. The minimum atomic E-state index is -1.29. The van der Waals surface area contributed by atoms with Crippen LogP contribution in [-0.2, 0) is 15.1 Å². The van der Waals surface area contributed by atoms with Gasteiger partial charge in [-0.1, -0.05) is 42.5 Å². The topological polar surface area (TPSA) is 122 Å². The third-order valence-corrected chi connectivity index (χ3v) is 5.36. The number of hydrogen-bond donors (Lipinski definition) is 3. The molecule has 1 heterocycles. The van der Waals surface area contributed by atoms with E-state index in [4.69, 9.17) is 5.73 Å². The fourth-order valence-electron chi connectivity index (χ4n) is 3.75. The van der Waals surface area contributed by atoms with Crippen molar-refractivity contribution in [2.45, 2.75) is 12.5 Å². The molecule has 1 saturated heterocycles. The average molecular weight is 416 g/mol. The van der Waals surface area contributed by atoms with Crippen LogP contribution in [0, 0.1) is 0 Å². The van der Waals surface area contributed by atoms with E-state index in [0.29, 0.717) is 16.8 Å². The number of rotatable bonds is 5. The van der Waals surface area contributed by atoms with Crippen LogP contribution < -0.4 is 16.4 Å². The smallest absolute Gasteiger partial charge is 0.325 e. The van der Waals surface area contributed by atoms with Crippen LogP contribution in [0.25, 0.3) is 10.8 Å². The van der Waals surface area contributed by atoms with E-state index in [9.17, 15) is 19.2 Å². The van der Waals surface area contributed by atoms with E-state index in [0.717, 1.165) is 15.7 Å². The van der Waals surface area contributed by atoms with Crippen molar-refractivity contribution in [3.8, 4) is 0 Å². The molecule has 1 aliphatic heterocycles. The summed E-state index contributed by atoms with van der Waals surface area (Å²) in [7, 11) is 0. The van der Waals surface area contributed by atoms with Gasteiger partial charge in [0.1, 0.15) is 12.1 Å². The Bertz CT molecular complexity index is 1220. The molecule has 3 aromatic carbocycles. The van der Waals surface area contributed by atoms with Crippen LogP contribution in [0.2, 0.25) is 0 Å². The van der Waals surface area contributed by atoms with Crippen LogP contribution in [0.5, 0.6) is 0 Å². The molecule has 0 saturated carbocycles. The minimum absolute atomic E-state index is 0.304. The lowest BCUT2D eigenvalue weighted by atomic mass is 9.88. The van der Waals surface area contributed by atoms with Gasteiger partial charge in [0.25, 0.3) is 5.91 Å². The van der Waals surface area contributed by atoms with Gasteiger partial charge in [-0.15, -0.1) is 0 Å². The molecular weight excluding hydrogens is 396 g/mol. The van der Waals surface area contributed by atoms with Gasteiger partial charge in [0.15, 0.2) is 0 Å². The number of nitrogens with one attached hydrogen (secondary N) is 2. The maximum absolute atomic E-state index is 13.2. The van der Waals surface area contributed by atoms with Crippen LogP contribution in [0.3, 0.4) is 0 Å². The second-order valence-corrected chi connectivity index (χ2v) is 7.46. The third kappa shape index (κ3) is 3.59. The van der Waals surface area contributed by atoms with Crippen LogP contribution in [0.4, 0.5) is 10.5 Å². The lowest BCUT2D eigenvalue weighted by Crippen LogP contribution is -2.42. The largest absolute Gasteiger partial charge is 0.366 e. The molecule has 0 bridgehead atoms. The van der Waals surface area contributed by atoms with Gasteiger partial charge in [-0.05, 0) is 47.5 Å². The molecule has 1 atom stereocenters. The minimum Gasteiger partial charge on any atom is -0.366 e. The highest BCUT2D eigenvalue weighted by atomic mass is 16.2. The Labute approximate surface area is 178 Å². The SMILES string of the molecule is C[C@]1(c2cccc3ccccc23)NC(=O)N(CC(=O)Nc2ccc(C(N)=O)cc2)C1=O. The van der Waals surface area contributed by atoms with Crippen LogP contribution in [-0.4, -0.2) is 35.2 Å². The predicted octanol–water partition coefficient (Wildman–Crippen LogP) is 2.34. The zero-order valence-corrected chi connectivity index (χ0v) is 16.7. The van der Waals surface area contributed by atoms with E-state index in [-0.39, 0.29) is 0 Å². The van der Waals surface area contributed by atoms with Crippen molar-refractivity contribution in [3.05, 3.63) is 77.9 Å². The van der Waals surface area contributed by atoms with Gasteiger partial charge in [0.2, 0.25) is 11.8 Å². The fourth-order valence-corrected chi connectivity index (χ4v) is 3.75. The molecule has 8 nitrogen and oxygen atoms in total. The number of hydrogen-bond acceptors (Lipinski definition) is 4. The van der Waals surface area contributed by atoms with Crippen molar-refractivity contribution < 1.29 is 19.2 Å². The molecule has 1 fully saturated rings. The number of nitrogens with zero attached hydrogens (tertiary/aromatic N) is 1. The summed E-state index contributed by atoms with van der Waals surface area (Å²) in [5.41, 5.74) is 5.29. The Morgan fingerprint density at radius 3 is 2.39 bits per heavy atom. The van der Waals surface area contributed by atoms with E-state index in [2.05, 4.69) is 10.6 Å². The molecular formula is C23H20N4O4. The lowest BCUT2D eigenvalue weighted by Gasteiger charge is -2.24. The molecule has 0 spiro atoms. The van der Waals surface area contributed by atoms with Gasteiger partial charge < -0.3 is 16.4 Å². The van der Waals surface area contributed by atoms with Crippen molar-refractivity contribution in [1.29, 1.82) is 0 Å². The molecule has 3 aromatic rings. The molecule has 4 rings (SSSR count). The van der Waals surface area contributed by atoms with Crippen LogP contribution in [0.1, 0.15) is 22.8 Å². The first-order valence-electron chi connectivity index (χ1n) is 9.61. The summed E-state index contributed by atoms with van der Waals surface area (Å²) in [4.78, 5) is 50.3. The summed E-state index contributed by atoms with van der Waals surface area (Å²) in [6.45, 7) is 1.19. The number of benzene rings is 3. The van der Waals surface area contributed by atoms with Gasteiger partial charge in [-0.2, -0.15) is 0 Å². The summed E-state index contributed by atoms with van der Waals surface area (Å²) in [5, 5.41) is 7.13.